The molecule has 122 valence electrons. The number of hydrogen-bond acceptors (Lipinski definition) is 5. The summed E-state index contributed by atoms with van der Waals surface area (Å²) in [7, 11) is 0. The first-order valence-electron chi connectivity index (χ1n) is 7.24. The highest BCUT2D eigenvalue weighted by Crippen LogP contribution is 2.35. The van der Waals surface area contributed by atoms with Gasteiger partial charge in [0.25, 0.3) is 5.89 Å². The number of hydrogen-bond donors (Lipinski definition) is 0. The summed E-state index contributed by atoms with van der Waals surface area (Å²) < 4.78 is 23.8. The number of carbonyl (C=O) groups is 1. The standard InChI is InChI=1S/C16H11ClFN3O3/c17-11-4-3-10(18)7-12(11)21-8-9(6-14(21)22)15-19-16(24-20-15)13-2-1-5-23-13/h1-5,7,9H,6,8H2. The van der Waals surface area contributed by atoms with Crippen molar-refractivity contribution in [2.75, 3.05) is 11.4 Å². The number of halogens is 2. The normalized spacial score (nSPS) is 17.7. The predicted molar refractivity (Wildman–Crippen MR) is 83.1 cm³/mol. The first-order chi connectivity index (χ1) is 11.6. The van der Waals surface area contributed by atoms with Gasteiger partial charge in [-0.2, -0.15) is 4.98 Å². The van der Waals surface area contributed by atoms with Crippen LogP contribution in [0.3, 0.4) is 0 Å². The highest BCUT2D eigenvalue weighted by Gasteiger charge is 2.35. The van der Waals surface area contributed by atoms with Crippen LogP contribution >= 0.6 is 11.6 Å². The number of furan rings is 1. The van der Waals surface area contributed by atoms with E-state index < -0.39 is 5.82 Å². The van der Waals surface area contributed by atoms with Gasteiger partial charge in [0.15, 0.2) is 11.6 Å². The van der Waals surface area contributed by atoms with Crippen molar-refractivity contribution in [3.63, 3.8) is 0 Å². The van der Waals surface area contributed by atoms with E-state index in [4.69, 9.17) is 20.5 Å². The van der Waals surface area contributed by atoms with E-state index in [1.54, 1.807) is 12.1 Å². The SMILES string of the molecule is O=C1CC(c2noc(-c3ccco3)n2)CN1c1cc(F)ccc1Cl. The van der Waals surface area contributed by atoms with Crippen LogP contribution in [-0.2, 0) is 4.79 Å². The van der Waals surface area contributed by atoms with Gasteiger partial charge in [-0.3, -0.25) is 4.79 Å². The lowest BCUT2D eigenvalue weighted by Gasteiger charge is -2.17. The molecule has 1 saturated heterocycles. The molecule has 24 heavy (non-hydrogen) atoms. The molecule has 1 fully saturated rings. The van der Waals surface area contributed by atoms with Crippen molar-refractivity contribution in [3.8, 4) is 11.7 Å². The number of carbonyl (C=O) groups excluding carboxylic acids is 1. The van der Waals surface area contributed by atoms with Crippen molar-refractivity contribution < 1.29 is 18.1 Å². The average molecular weight is 348 g/mol. The average Bonchev–Trinajstić information content (AvgIpc) is 3.28. The summed E-state index contributed by atoms with van der Waals surface area (Å²) in [5.74, 6) is 0.240. The molecule has 0 N–H and O–H groups in total. The molecule has 1 amide bonds. The Balaban J connectivity index is 1.59. The molecule has 0 radical (unpaired) electrons. The maximum Gasteiger partial charge on any atom is 0.293 e. The van der Waals surface area contributed by atoms with Crippen LogP contribution in [-0.4, -0.2) is 22.6 Å². The van der Waals surface area contributed by atoms with Crippen molar-refractivity contribution in [2.45, 2.75) is 12.3 Å². The second kappa shape index (κ2) is 5.76. The molecular weight excluding hydrogens is 337 g/mol. The lowest BCUT2D eigenvalue weighted by Crippen LogP contribution is -2.24. The molecule has 0 bridgehead atoms. The minimum Gasteiger partial charge on any atom is -0.459 e. The molecule has 8 heteroatoms. The zero-order chi connectivity index (χ0) is 16.7. The molecule has 0 spiro atoms. The van der Waals surface area contributed by atoms with Crippen LogP contribution in [0.5, 0.6) is 0 Å². The summed E-state index contributed by atoms with van der Waals surface area (Å²) in [4.78, 5) is 18.0. The number of benzene rings is 1. The maximum atomic E-state index is 13.5. The smallest absolute Gasteiger partial charge is 0.293 e. The lowest BCUT2D eigenvalue weighted by molar-refractivity contribution is -0.117. The highest BCUT2D eigenvalue weighted by atomic mass is 35.5. The van der Waals surface area contributed by atoms with E-state index in [0.717, 1.165) is 0 Å². The maximum absolute atomic E-state index is 13.5. The minimum absolute atomic E-state index is 0.170. The minimum atomic E-state index is -0.453. The van der Waals surface area contributed by atoms with E-state index in [9.17, 15) is 9.18 Å². The Bertz CT molecular complexity index is 894. The molecule has 1 aliphatic heterocycles. The summed E-state index contributed by atoms with van der Waals surface area (Å²) >= 11 is 6.08. The van der Waals surface area contributed by atoms with Crippen LogP contribution in [0, 0.1) is 5.82 Å². The largest absolute Gasteiger partial charge is 0.459 e. The molecule has 1 atom stereocenters. The lowest BCUT2D eigenvalue weighted by atomic mass is 10.1. The van der Waals surface area contributed by atoms with Gasteiger partial charge in [-0.05, 0) is 30.3 Å². The van der Waals surface area contributed by atoms with E-state index in [1.807, 2.05) is 0 Å². The molecular formula is C16H11ClFN3O3. The Morgan fingerprint density at radius 2 is 2.21 bits per heavy atom. The van der Waals surface area contributed by atoms with E-state index in [2.05, 4.69) is 10.1 Å². The van der Waals surface area contributed by atoms with Gasteiger partial charge in [-0.15, -0.1) is 0 Å². The number of aromatic nitrogens is 2. The van der Waals surface area contributed by atoms with Crippen LogP contribution in [0.15, 0.2) is 45.5 Å². The van der Waals surface area contributed by atoms with Gasteiger partial charge in [0.05, 0.1) is 17.0 Å². The summed E-state index contributed by atoms with van der Waals surface area (Å²) in [6.45, 7) is 0.305. The molecule has 1 aliphatic rings. The molecule has 3 heterocycles. The van der Waals surface area contributed by atoms with Gasteiger partial charge in [-0.25, -0.2) is 4.39 Å². The molecule has 3 aromatic rings. The van der Waals surface area contributed by atoms with Crippen LogP contribution < -0.4 is 4.90 Å². The van der Waals surface area contributed by atoms with Crippen LogP contribution in [0.25, 0.3) is 11.7 Å². The van der Waals surface area contributed by atoms with Crippen molar-refractivity contribution >= 4 is 23.2 Å². The molecule has 2 aromatic heterocycles. The van der Waals surface area contributed by atoms with Crippen molar-refractivity contribution in [3.05, 3.63) is 53.3 Å². The monoisotopic (exact) mass is 347 g/mol. The summed E-state index contributed by atoms with van der Waals surface area (Å²) in [6.07, 6.45) is 1.70. The molecule has 4 rings (SSSR count). The summed E-state index contributed by atoms with van der Waals surface area (Å²) in [6, 6.07) is 7.34. The Labute approximate surface area is 140 Å². The molecule has 0 saturated carbocycles. The van der Waals surface area contributed by atoms with Gasteiger partial charge in [-0.1, -0.05) is 16.8 Å². The number of anilines is 1. The first-order valence-corrected chi connectivity index (χ1v) is 7.62. The first kappa shape index (κ1) is 14.9. The third-order valence-electron chi connectivity index (χ3n) is 3.86. The highest BCUT2D eigenvalue weighted by molar-refractivity contribution is 6.33. The van der Waals surface area contributed by atoms with E-state index in [-0.39, 0.29) is 24.1 Å². The van der Waals surface area contributed by atoms with Crippen molar-refractivity contribution in [1.82, 2.24) is 10.1 Å². The number of rotatable bonds is 3. The summed E-state index contributed by atoms with van der Waals surface area (Å²) in [5.41, 5.74) is 0.346. The molecule has 0 aliphatic carbocycles. The topological polar surface area (TPSA) is 72.4 Å². The Hall–Kier alpha value is -2.67. The van der Waals surface area contributed by atoms with Gasteiger partial charge < -0.3 is 13.8 Å². The fourth-order valence-corrected chi connectivity index (χ4v) is 2.93. The molecule has 1 unspecified atom stereocenters. The van der Waals surface area contributed by atoms with E-state index in [0.29, 0.717) is 28.8 Å². The van der Waals surface area contributed by atoms with Crippen molar-refractivity contribution in [2.24, 2.45) is 0 Å². The zero-order valence-corrected chi connectivity index (χ0v) is 13.0. The Morgan fingerprint density at radius 1 is 1.33 bits per heavy atom. The van der Waals surface area contributed by atoms with Crippen LogP contribution in [0.1, 0.15) is 18.2 Å². The Morgan fingerprint density at radius 3 is 3.00 bits per heavy atom. The molecule has 1 aromatic carbocycles. The Kier molecular flexibility index (Phi) is 3.57. The zero-order valence-electron chi connectivity index (χ0n) is 12.3. The quantitative estimate of drug-likeness (QED) is 0.723. The predicted octanol–water partition coefficient (Wildman–Crippen LogP) is 3.64. The fourth-order valence-electron chi connectivity index (χ4n) is 2.71. The second-order valence-electron chi connectivity index (χ2n) is 5.44. The van der Waals surface area contributed by atoms with Crippen LogP contribution in [0.4, 0.5) is 10.1 Å². The van der Waals surface area contributed by atoms with Gasteiger partial charge in [0, 0.05) is 18.9 Å². The van der Waals surface area contributed by atoms with Gasteiger partial charge in [0.1, 0.15) is 5.82 Å². The third-order valence-corrected chi connectivity index (χ3v) is 4.18. The number of nitrogens with zero attached hydrogens (tertiary/aromatic N) is 3. The van der Waals surface area contributed by atoms with Crippen molar-refractivity contribution in [1.29, 1.82) is 0 Å². The third kappa shape index (κ3) is 2.56. The van der Waals surface area contributed by atoms with Gasteiger partial charge >= 0.3 is 0 Å². The van der Waals surface area contributed by atoms with E-state index >= 15 is 0 Å². The second-order valence-corrected chi connectivity index (χ2v) is 5.84. The molecule has 6 nitrogen and oxygen atoms in total. The van der Waals surface area contributed by atoms with E-state index in [1.165, 1.54) is 29.4 Å². The fraction of sp³-hybridized carbons (Fsp3) is 0.188. The number of amides is 1. The van der Waals surface area contributed by atoms with Gasteiger partial charge in [0.2, 0.25) is 5.91 Å². The van der Waals surface area contributed by atoms with Crippen LogP contribution in [0.2, 0.25) is 5.02 Å². The summed E-state index contributed by atoms with van der Waals surface area (Å²) in [5, 5.41) is 4.24.